The lowest BCUT2D eigenvalue weighted by Crippen LogP contribution is -2.10. The van der Waals surface area contributed by atoms with Gasteiger partial charge in [-0.05, 0) is 42.8 Å². The third-order valence-corrected chi connectivity index (χ3v) is 6.73. The number of aromatic amines is 2. The quantitative estimate of drug-likeness (QED) is 0.255. The van der Waals surface area contributed by atoms with Crippen molar-refractivity contribution in [2.24, 2.45) is 0 Å². The molecule has 0 saturated carbocycles. The zero-order valence-electron chi connectivity index (χ0n) is 19.2. The number of pyridine rings is 3. The molecule has 3 N–H and O–H groups in total. The summed E-state index contributed by atoms with van der Waals surface area (Å²) in [6, 6.07) is 10.9. The zero-order chi connectivity index (χ0) is 24.6. The fraction of sp³-hybridized carbons (Fsp3) is 0.115. The molecule has 0 fully saturated rings. The second kappa shape index (κ2) is 8.97. The van der Waals surface area contributed by atoms with Crippen LogP contribution < -0.4 is 5.32 Å². The largest absolute Gasteiger partial charge is 0.353 e. The fourth-order valence-corrected chi connectivity index (χ4v) is 4.94. The van der Waals surface area contributed by atoms with Crippen LogP contribution in [0.2, 0.25) is 0 Å². The van der Waals surface area contributed by atoms with Crippen LogP contribution in [0.3, 0.4) is 0 Å². The van der Waals surface area contributed by atoms with Crippen LogP contribution >= 0.6 is 11.3 Å². The van der Waals surface area contributed by atoms with Crippen LogP contribution in [-0.2, 0) is 4.79 Å². The number of amides is 1. The van der Waals surface area contributed by atoms with Crippen LogP contribution in [0.15, 0.2) is 61.2 Å². The van der Waals surface area contributed by atoms with E-state index >= 15 is 0 Å². The zero-order valence-corrected chi connectivity index (χ0v) is 20.0. The summed E-state index contributed by atoms with van der Waals surface area (Å²) in [4.78, 5) is 29.5. The number of fused-ring (bicyclic) bond motifs is 2. The number of H-pyrrole nitrogens is 2. The summed E-state index contributed by atoms with van der Waals surface area (Å²) in [5, 5.41) is 12.0. The van der Waals surface area contributed by atoms with E-state index in [9.17, 15) is 9.18 Å². The van der Waals surface area contributed by atoms with Crippen LogP contribution in [0.5, 0.6) is 0 Å². The molecule has 1 amide bonds. The monoisotopic (exact) mass is 497 g/mol. The number of anilines is 1. The minimum atomic E-state index is -0.249. The molecule has 0 aliphatic carbocycles. The fourth-order valence-electron chi connectivity index (χ4n) is 4.20. The van der Waals surface area contributed by atoms with Crippen molar-refractivity contribution in [3.8, 4) is 33.2 Å². The topological polar surface area (TPSA) is 112 Å². The van der Waals surface area contributed by atoms with Gasteiger partial charge in [0.05, 0.1) is 45.6 Å². The van der Waals surface area contributed by atoms with Gasteiger partial charge in [0.2, 0.25) is 5.91 Å². The van der Waals surface area contributed by atoms with Crippen molar-refractivity contribution >= 4 is 44.7 Å². The highest BCUT2D eigenvalue weighted by atomic mass is 32.1. The molecule has 0 bridgehead atoms. The molecule has 6 aromatic heterocycles. The number of aromatic nitrogens is 6. The number of carbonyl (C=O) groups excluding carboxylic acids is 1. The summed E-state index contributed by atoms with van der Waals surface area (Å²) >= 11 is 1.07. The average Bonchev–Trinajstić information content (AvgIpc) is 3.61. The van der Waals surface area contributed by atoms with Crippen LogP contribution in [0.4, 0.5) is 10.1 Å². The van der Waals surface area contributed by atoms with Crippen molar-refractivity contribution in [1.29, 1.82) is 0 Å². The van der Waals surface area contributed by atoms with E-state index in [-0.39, 0.29) is 11.0 Å². The van der Waals surface area contributed by atoms with Gasteiger partial charge in [-0.1, -0.05) is 6.92 Å². The number of hydrogen-bond acceptors (Lipinski definition) is 6. The second-order valence-electron chi connectivity index (χ2n) is 8.36. The lowest BCUT2D eigenvalue weighted by Gasteiger charge is -2.06. The number of nitrogens with zero attached hydrogens (tertiary/aromatic N) is 4. The number of rotatable bonds is 6. The maximum Gasteiger partial charge on any atom is 0.224 e. The molecule has 6 rings (SSSR count). The predicted octanol–water partition coefficient (Wildman–Crippen LogP) is 6.17. The smallest absolute Gasteiger partial charge is 0.224 e. The summed E-state index contributed by atoms with van der Waals surface area (Å²) in [7, 11) is 0. The normalized spacial score (nSPS) is 11.4. The lowest BCUT2D eigenvalue weighted by molar-refractivity contribution is -0.116. The predicted molar refractivity (Wildman–Crippen MR) is 139 cm³/mol. The number of hydrogen-bond donors (Lipinski definition) is 3. The minimum Gasteiger partial charge on any atom is -0.353 e. The van der Waals surface area contributed by atoms with E-state index < -0.39 is 0 Å². The van der Waals surface area contributed by atoms with Crippen molar-refractivity contribution in [2.45, 2.75) is 19.8 Å². The lowest BCUT2D eigenvalue weighted by atomic mass is 10.1. The molecule has 0 aromatic carbocycles. The van der Waals surface area contributed by atoms with E-state index in [1.807, 2.05) is 31.2 Å². The highest BCUT2D eigenvalue weighted by Crippen LogP contribution is 2.35. The molecule has 178 valence electrons. The van der Waals surface area contributed by atoms with Crippen LogP contribution in [0, 0.1) is 5.13 Å². The number of carbonyl (C=O) groups is 1. The van der Waals surface area contributed by atoms with Crippen LogP contribution in [-0.4, -0.2) is 36.0 Å². The molecule has 36 heavy (non-hydrogen) atoms. The molecule has 0 aliphatic rings. The Morgan fingerprint density at radius 1 is 1.03 bits per heavy atom. The maximum atomic E-state index is 13.7. The third kappa shape index (κ3) is 4.01. The summed E-state index contributed by atoms with van der Waals surface area (Å²) in [5.41, 5.74) is 6.03. The Morgan fingerprint density at radius 2 is 1.92 bits per heavy atom. The first-order valence-electron chi connectivity index (χ1n) is 11.4. The Hall–Kier alpha value is -4.44. The molecular formula is C26H20FN7OS. The molecule has 6 heterocycles. The van der Waals surface area contributed by atoms with Gasteiger partial charge in [-0.2, -0.15) is 9.49 Å². The van der Waals surface area contributed by atoms with Gasteiger partial charge in [0.25, 0.3) is 0 Å². The van der Waals surface area contributed by atoms with E-state index in [4.69, 9.17) is 0 Å². The number of thiophene rings is 1. The molecule has 0 unspecified atom stereocenters. The average molecular weight is 498 g/mol. The summed E-state index contributed by atoms with van der Waals surface area (Å²) in [6.45, 7) is 1.96. The van der Waals surface area contributed by atoms with Gasteiger partial charge in [0.15, 0.2) is 5.13 Å². The summed E-state index contributed by atoms with van der Waals surface area (Å²) < 4.78 is 13.7. The van der Waals surface area contributed by atoms with Gasteiger partial charge >= 0.3 is 0 Å². The molecule has 6 aromatic rings. The van der Waals surface area contributed by atoms with E-state index in [1.54, 1.807) is 30.9 Å². The molecule has 0 spiro atoms. The van der Waals surface area contributed by atoms with E-state index in [1.165, 1.54) is 6.07 Å². The Morgan fingerprint density at radius 3 is 2.75 bits per heavy atom. The van der Waals surface area contributed by atoms with Crippen molar-refractivity contribution in [1.82, 2.24) is 30.1 Å². The van der Waals surface area contributed by atoms with Crippen molar-refractivity contribution in [3.63, 3.8) is 0 Å². The molecular weight excluding hydrogens is 477 g/mol. The standard InChI is InChI=1S/C26H20FN7OS/c1-2-3-24(35)31-15-8-14(11-28-12-15)19-9-17-21(13-30-19)33-34-25(17)20-10-16-18(32-20)6-7-29-26(16)22-4-5-23(27)36-22/h4-13,32H,2-3H2,1H3,(H,31,35)(H,33,34). The van der Waals surface area contributed by atoms with Gasteiger partial charge < -0.3 is 10.3 Å². The van der Waals surface area contributed by atoms with Crippen molar-refractivity contribution in [3.05, 3.63) is 66.3 Å². The van der Waals surface area contributed by atoms with Crippen LogP contribution in [0.25, 0.3) is 55.0 Å². The first kappa shape index (κ1) is 22.1. The Labute approximate surface area is 208 Å². The number of halogens is 1. The van der Waals surface area contributed by atoms with Gasteiger partial charge in [0, 0.05) is 40.7 Å². The van der Waals surface area contributed by atoms with Crippen molar-refractivity contribution < 1.29 is 9.18 Å². The summed E-state index contributed by atoms with van der Waals surface area (Å²) in [6.07, 6.45) is 8.00. The SMILES string of the molecule is CCCC(=O)Nc1cncc(-c2cc3c(-c4cc5c(-c6ccc(F)s6)nccc5[nH]4)n[nH]c3cn2)c1. The Kier molecular flexibility index (Phi) is 5.49. The van der Waals surface area contributed by atoms with Gasteiger partial charge in [-0.3, -0.25) is 24.8 Å². The molecule has 0 saturated heterocycles. The maximum absolute atomic E-state index is 13.7. The molecule has 0 aliphatic heterocycles. The second-order valence-corrected chi connectivity index (χ2v) is 9.39. The first-order valence-corrected chi connectivity index (χ1v) is 12.2. The summed E-state index contributed by atoms with van der Waals surface area (Å²) in [5.74, 6) is -0.0464. The Bertz CT molecular complexity index is 1740. The van der Waals surface area contributed by atoms with Gasteiger partial charge in [-0.25, -0.2) is 0 Å². The molecule has 10 heteroatoms. The van der Waals surface area contributed by atoms with Crippen LogP contribution in [0.1, 0.15) is 19.8 Å². The highest BCUT2D eigenvalue weighted by Gasteiger charge is 2.16. The van der Waals surface area contributed by atoms with E-state index in [0.29, 0.717) is 17.8 Å². The highest BCUT2D eigenvalue weighted by molar-refractivity contribution is 7.13. The van der Waals surface area contributed by atoms with E-state index in [2.05, 4.69) is 35.5 Å². The molecule has 0 radical (unpaired) electrons. The molecule has 8 nitrogen and oxygen atoms in total. The third-order valence-electron chi connectivity index (χ3n) is 5.85. The molecule has 0 atom stereocenters. The minimum absolute atomic E-state index is 0.0464. The number of nitrogens with one attached hydrogen (secondary N) is 3. The van der Waals surface area contributed by atoms with Crippen molar-refractivity contribution in [2.75, 3.05) is 5.32 Å². The van der Waals surface area contributed by atoms with E-state index in [0.717, 1.165) is 67.1 Å². The first-order chi connectivity index (χ1) is 17.6. The Balaban J connectivity index is 1.40. The van der Waals surface area contributed by atoms with Gasteiger partial charge in [-0.15, -0.1) is 11.3 Å². The van der Waals surface area contributed by atoms with Gasteiger partial charge in [0.1, 0.15) is 5.69 Å².